The average molecular weight is 255 g/mol. The van der Waals surface area contributed by atoms with Gasteiger partial charge in [0.25, 0.3) is 0 Å². The molecule has 3 N–H and O–H groups in total. The van der Waals surface area contributed by atoms with Crippen molar-refractivity contribution in [1.29, 1.82) is 5.41 Å². The molecular weight excluding hydrogens is 234 g/mol. The van der Waals surface area contributed by atoms with Crippen LogP contribution in [0.25, 0.3) is 0 Å². The predicted octanol–water partition coefficient (Wildman–Crippen LogP) is 1.89. The SMILES string of the molecule is CCc1nsc(N(CCC(=N)N)CC(C)C)n1. The van der Waals surface area contributed by atoms with E-state index in [1.165, 1.54) is 11.5 Å². The van der Waals surface area contributed by atoms with E-state index in [-0.39, 0.29) is 5.84 Å². The molecule has 0 atom stereocenters. The van der Waals surface area contributed by atoms with Crippen LogP contribution in [0.2, 0.25) is 0 Å². The van der Waals surface area contributed by atoms with Gasteiger partial charge in [0.1, 0.15) is 5.82 Å². The highest BCUT2D eigenvalue weighted by Crippen LogP contribution is 2.19. The van der Waals surface area contributed by atoms with Gasteiger partial charge >= 0.3 is 0 Å². The third-order valence-corrected chi connectivity index (χ3v) is 3.10. The summed E-state index contributed by atoms with van der Waals surface area (Å²) >= 11 is 1.43. The Morgan fingerprint density at radius 3 is 2.71 bits per heavy atom. The summed E-state index contributed by atoms with van der Waals surface area (Å²) in [5.74, 6) is 1.66. The highest BCUT2D eigenvalue weighted by atomic mass is 32.1. The zero-order chi connectivity index (χ0) is 12.8. The van der Waals surface area contributed by atoms with Crippen molar-refractivity contribution < 1.29 is 0 Å². The van der Waals surface area contributed by atoms with Crippen LogP contribution in [-0.2, 0) is 6.42 Å². The van der Waals surface area contributed by atoms with E-state index in [2.05, 4.69) is 28.1 Å². The van der Waals surface area contributed by atoms with Crippen LogP contribution in [0.15, 0.2) is 0 Å². The molecule has 0 saturated carbocycles. The zero-order valence-corrected chi connectivity index (χ0v) is 11.5. The largest absolute Gasteiger partial charge is 0.388 e. The number of nitrogens with one attached hydrogen (secondary N) is 1. The average Bonchev–Trinajstić information content (AvgIpc) is 2.71. The molecule has 5 nitrogen and oxygen atoms in total. The molecule has 0 spiro atoms. The van der Waals surface area contributed by atoms with Crippen molar-refractivity contribution >= 4 is 22.5 Å². The van der Waals surface area contributed by atoms with Crippen LogP contribution in [0.5, 0.6) is 0 Å². The van der Waals surface area contributed by atoms with Gasteiger partial charge in [-0.3, -0.25) is 5.41 Å². The van der Waals surface area contributed by atoms with E-state index in [4.69, 9.17) is 11.1 Å². The lowest BCUT2D eigenvalue weighted by Crippen LogP contribution is -2.31. The molecule has 1 aromatic rings. The lowest BCUT2D eigenvalue weighted by Gasteiger charge is -2.23. The second-order valence-electron chi connectivity index (χ2n) is 4.46. The molecule has 1 heterocycles. The van der Waals surface area contributed by atoms with Crippen LogP contribution in [0.4, 0.5) is 5.13 Å². The molecule has 0 fully saturated rings. The van der Waals surface area contributed by atoms with Gasteiger partial charge in [0.15, 0.2) is 0 Å². The highest BCUT2D eigenvalue weighted by molar-refractivity contribution is 7.09. The number of amidine groups is 1. The van der Waals surface area contributed by atoms with Gasteiger partial charge in [-0.05, 0) is 5.92 Å². The molecule has 0 saturated heterocycles. The van der Waals surface area contributed by atoms with Gasteiger partial charge in [-0.2, -0.15) is 4.37 Å². The van der Waals surface area contributed by atoms with Crippen molar-refractivity contribution in [1.82, 2.24) is 9.36 Å². The third kappa shape index (κ3) is 4.68. The first-order valence-corrected chi connectivity index (χ1v) is 6.70. The van der Waals surface area contributed by atoms with Crippen molar-refractivity contribution in [3.63, 3.8) is 0 Å². The van der Waals surface area contributed by atoms with E-state index in [0.717, 1.165) is 30.5 Å². The van der Waals surface area contributed by atoms with E-state index in [9.17, 15) is 0 Å². The maximum Gasteiger partial charge on any atom is 0.205 e. The molecule has 0 aliphatic carbocycles. The van der Waals surface area contributed by atoms with E-state index in [0.29, 0.717) is 12.3 Å². The van der Waals surface area contributed by atoms with Crippen molar-refractivity contribution in [2.24, 2.45) is 11.7 Å². The second kappa shape index (κ2) is 6.54. The minimum atomic E-state index is 0.221. The van der Waals surface area contributed by atoms with Crippen molar-refractivity contribution in [2.45, 2.75) is 33.6 Å². The smallest absolute Gasteiger partial charge is 0.205 e. The number of nitrogens with two attached hydrogens (primary N) is 1. The molecule has 0 amide bonds. The Morgan fingerprint density at radius 2 is 2.24 bits per heavy atom. The summed E-state index contributed by atoms with van der Waals surface area (Å²) < 4.78 is 4.29. The molecule has 96 valence electrons. The number of aryl methyl sites for hydroxylation is 1. The van der Waals surface area contributed by atoms with Gasteiger partial charge < -0.3 is 10.6 Å². The molecule has 0 aliphatic rings. The Bertz CT molecular complexity index is 360. The highest BCUT2D eigenvalue weighted by Gasteiger charge is 2.13. The zero-order valence-electron chi connectivity index (χ0n) is 10.7. The lowest BCUT2D eigenvalue weighted by atomic mass is 10.2. The predicted molar refractivity (Wildman–Crippen MR) is 72.9 cm³/mol. The molecule has 0 aromatic carbocycles. The van der Waals surface area contributed by atoms with Crippen LogP contribution in [0.1, 0.15) is 33.0 Å². The number of anilines is 1. The fraction of sp³-hybridized carbons (Fsp3) is 0.727. The quantitative estimate of drug-likeness (QED) is 0.576. The van der Waals surface area contributed by atoms with Gasteiger partial charge in [0, 0.05) is 37.5 Å². The molecule has 0 aliphatic heterocycles. The molecule has 0 radical (unpaired) electrons. The van der Waals surface area contributed by atoms with E-state index in [1.807, 2.05) is 6.92 Å². The minimum absolute atomic E-state index is 0.221. The van der Waals surface area contributed by atoms with Crippen LogP contribution in [0, 0.1) is 11.3 Å². The van der Waals surface area contributed by atoms with Crippen LogP contribution < -0.4 is 10.6 Å². The fourth-order valence-electron chi connectivity index (χ4n) is 1.48. The topological polar surface area (TPSA) is 78.9 Å². The number of hydrogen-bond donors (Lipinski definition) is 2. The Kier molecular flexibility index (Phi) is 5.34. The van der Waals surface area contributed by atoms with Crippen molar-refractivity contribution in [2.75, 3.05) is 18.0 Å². The number of hydrogen-bond acceptors (Lipinski definition) is 5. The van der Waals surface area contributed by atoms with E-state index >= 15 is 0 Å². The Hall–Kier alpha value is -1.17. The van der Waals surface area contributed by atoms with Gasteiger partial charge in [-0.25, -0.2) is 4.98 Å². The first kappa shape index (κ1) is 13.9. The standard InChI is InChI=1S/C11H21N5S/c1-4-10-14-11(17-15-10)16(7-8(2)3)6-5-9(12)13/h8H,4-7H2,1-3H3,(H3,12,13). The van der Waals surface area contributed by atoms with Gasteiger partial charge in [0.2, 0.25) is 5.13 Å². The van der Waals surface area contributed by atoms with E-state index < -0.39 is 0 Å². The monoisotopic (exact) mass is 255 g/mol. The summed E-state index contributed by atoms with van der Waals surface area (Å²) in [5.41, 5.74) is 5.41. The van der Waals surface area contributed by atoms with Crippen molar-refractivity contribution in [3.05, 3.63) is 5.82 Å². The van der Waals surface area contributed by atoms with Gasteiger partial charge in [0.05, 0.1) is 5.84 Å². The number of nitrogens with zero attached hydrogens (tertiary/aromatic N) is 3. The molecule has 1 aromatic heterocycles. The summed E-state index contributed by atoms with van der Waals surface area (Å²) in [6, 6.07) is 0. The minimum Gasteiger partial charge on any atom is -0.388 e. The normalized spacial score (nSPS) is 10.8. The summed E-state index contributed by atoms with van der Waals surface area (Å²) in [4.78, 5) is 6.65. The second-order valence-corrected chi connectivity index (χ2v) is 5.19. The maximum atomic E-state index is 7.29. The van der Waals surface area contributed by atoms with E-state index in [1.54, 1.807) is 0 Å². The fourth-order valence-corrected chi connectivity index (χ4v) is 2.26. The Labute approximate surface area is 107 Å². The molecular formula is C11H21N5S. The number of aromatic nitrogens is 2. The van der Waals surface area contributed by atoms with Gasteiger partial charge in [-0.1, -0.05) is 20.8 Å². The van der Waals surface area contributed by atoms with Crippen LogP contribution >= 0.6 is 11.5 Å². The summed E-state index contributed by atoms with van der Waals surface area (Å²) in [7, 11) is 0. The summed E-state index contributed by atoms with van der Waals surface area (Å²) in [6.45, 7) is 8.05. The van der Waals surface area contributed by atoms with Crippen LogP contribution in [0.3, 0.4) is 0 Å². The maximum absolute atomic E-state index is 7.29. The molecule has 0 bridgehead atoms. The first-order chi connectivity index (χ1) is 8.02. The summed E-state index contributed by atoms with van der Waals surface area (Å²) in [6.07, 6.45) is 1.44. The summed E-state index contributed by atoms with van der Waals surface area (Å²) in [5, 5.41) is 8.23. The molecule has 1 rings (SSSR count). The van der Waals surface area contributed by atoms with Gasteiger partial charge in [-0.15, -0.1) is 0 Å². The lowest BCUT2D eigenvalue weighted by molar-refractivity contribution is 0.611. The Morgan fingerprint density at radius 1 is 1.53 bits per heavy atom. The number of rotatable bonds is 7. The van der Waals surface area contributed by atoms with Crippen molar-refractivity contribution in [3.8, 4) is 0 Å². The molecule has 6 heteroatoms. The molecule has 0 unspecified atom stereocenters. The molecule has 17 heavy (non-hydrogen) atoms. The first-order valence-electron chi connectivity index (χ1n) is 5.93. The third-order valence-electron chi connectivity index (χ3n) is 2.28. The Balaban J connectivity index is 2.70. The van der Waals surface area contributed by atoms with Crippen LogP contribution in [-0.4, -0.2) is 28.3 Å².